The molecule has 2 fully saturated rings. The molecule has 7 heteroatoms. The standard InChI is InChI=1S/C34H39N5O2/c35-32(40)28-11-12-30-29(23-28)31(33(36-30)38-17-13-26(14-18-38)21-24-7-3-1-4-8-24)34(41)37-39-19-15-27(16-20-39)22-25-9-5-2-6-10-25/h1-12,23,26-27,36H,13-22H2,(H2,35,40)(H,37,41). The lowest BCUT2D eigenvalue weighted by atomic mass is 9.90. The summed E-state index contributed by atoms with van der Waals surface area (Å²) in [5.41, 5.74) is 13.4. The molecule has 3 heterocycles. The van der Waals surface area contributed by atoms with Gasteiger partial charge < -0.3 is 15.6 Å². The Kier molecular flexibility index (Phi) is 8.05. The summed E-state index contributed by atoms with van der Waals surface area (Å²) in [5, 5.41) is 2.79. The molecule has 1 aromatic heterocycles. The molecule has 41 heavy (non-hydrogen) atoms. The van der Waals surface area contributed by atoms with Crippen LogP contribution in [0.3, 0.4) is 0 Å². The number of H-pyrrole nitrogens is 1. The Morgan fingerprint density at radius 2 is 1.34 bits per heavy atom. The van der Waals surface area contributed by atoms with Crippen molar-refractivity contribution in [2.45, 2.75) is 38.5 Å². The van der Waals surface area contributed by atoms with Crippen molar-refractivity contribution in [2.24, 2.45) is 17.6 Å². The summed E-state index contributed by atoms with van der Waals surface area (Å²) < 4.78 is 0. The van der Waals surface area contributed by atoms with Crippen LogP contribution in [0.5, 0.6) is 0 Å². The molecule has 0 aliphatic carbocycles. The number of amides is 2. The minimum Gasteiger partial charge on any atom is -0.366 e. The molecule has 0 spiro atoms. The molecule has 7 nitrogen and oxygen atoms in total. The summed E-state index contributed by atoms with van der Waals surface area (Å²) in [7, 11) is 0. The Labute approximate surface area is 241 Å². The van der Waals surface area contributed by atoms with Gasteiger partial charge in [0.1, 0.15) is 5.82 Å². The number of nitrogens with one attached hydrogen (secondary N) is 2. The van der Waals surface area contributed by atoms with E-state index in [-0.39, 0.29) is 5.91 Å². The highest BCUT2D eigenvalue weighted by atomic mass is 16.2. The lowest BCUT2D eigenvalue weighted by molar-refractivity contribution is 0.0704. The number of hydrogen-bond acceptors (Lipinski definition) is 4. The molecule has 4 aromatic rings. The van der Waals surface area contributed by atoms with E-state index in [4.69, 9.17) is 5.73 Å². The van der Waals surface area contributed by atoms with Crippen LogP contribution < -0.4 is 16.1 Å². The largest absolute Gasteiger partial charge is 0.366 e. The Morgan fingerprint density at radius 1 is 0.780 bits per heavy atom. The van der Waals surface area contributed by atoms with E-state index in [1.165, 1.54) is 11.1 Å². The predicted molar refractivity (Wildman–Crippen MR) is 164 cm³/mol. The van der Waals surface area contributed by atoms with Crippen molar-refractivity contribution >= 4 is 28.5 Å². The maximum atomic E-state index is 13.9. The number of carbonyl (C=O) groups is 2. The van der Waals surface area contributed by atoms with Crippen molar-refractivity contribution in [1.29, 1.82) is 0 Å². The van der Waals surface area contributed by atoms with Crippen LogP contribution in [0, 0.1) is 11.8 Å². The topological polar surface area (TPSA) is 94.5 Å². The molecule has 0 atom stereocenters. The van der Waals surface area contributed by atoms with E-state index < -0.39 is 5.91 Å². The van der Waals surface area contributed by atoms with Gasteiger partial charge in [-0.1, -0.05) is 60.7 Å². The minimum absolute atomic E-state index is 0.138. The molecule has 6 rings (SSSR count). The molecule has 2 amide bonds. The molecule has 2 saturated heterocycles. The third-order valence-corrected chi connectivity index (χ3v) is 8.83. The number of carbonyl (C=O) groups excluding carboxylic acids is 2. The second-order valence-electron chi connectivity index (χ2n) is 11.7. The van der Waals surface area contributed by atoms with Crippen LogP contribution in [-0.2, 0) is 12.8 Å². The third kappa shape index (κ3) is 6.30. The number of nitrogens with two attached hydrogens (primary N) is 1. The highest BCUT2D eigenvalue weighted by molar-refractivity contribution is 6.13. The predicted octanol–water partition coefficient (Wildman–Crippen LogP) is 5.33. The number of anilines is 1. The Morgan fingerprint density at radius 3 is 1.90 bits per heavy atom. The second-order valence-corrected chi connectivity index (χ2v) is 11.7. The van der Waals surface area contributed by atoms with Crippen molar-refractivity contribution in [3.8, 4) is 0 Å². The van der Waals surface area contributed by atoms with Gasteiger partial charge in [-0.05, 0) is 79.7 Å². The van der Waals surface area contributed by atoms with Gasteiger partial charge in [0, 0.05) is 42.6 Å². The van der Waals surface area contributed by atoms with Crippen LogP contribution in [0.1, 0.15) is 57.5 Å². The number of hydrogen-bond donors (Lipinski definition) is 3. The quantitative estimate of drug-likeness (QED) is 0.277. The number of fused-ring (bicyclic) bond motifs is 1. The molecule has 4 N–H and O–H groups in total. The lowest BCUT2D eigenvalue weighted by Gasteiger charge is -2.34. The molecule has 2 aliphatic rings. The normalized spacial score (nSPS) is 17.1. The second kappa shape index (κ2) is 12.2. The summed E-state index contributed by atoms with van der Waals surface area (Å²) in [4.78, 5) is 31.7. The molecule has 0 bridgehead atoms. The van der Waals surface area contributed by atoms with Crippen molar-refractivity contribution in [3.05, 3.63) is 101 Å². The van der Waals surface area contributed by atoms with E-state index in [1.54, 1.807) is 12.1 Å². The fourth-order valence-electron chi connectivity index (χ4n) is 6.50. The van der Waals surface area contributed by atoms with Crippen LogP contribution in [-0.4, -0.2) is 48.0 Å². The van der Waals surface area contributed by atoms with Crippen molar-refractivity contribution in [3.63, 3.8) is 0 Å². The monoisotopic (exact) mass is 549 g/mol. The van der Waals surface area contributed by atoms with Gasteiger partial charge in [0.25, 0.3) is 5.91 Å². The van der Waals surface area contributed by atoms with E-state index in [0.717, 1.165) is 81.4 Å². The highest BCUT2D eigenvalue weighted by Gasteiger charge is 2.29. The summed E-state index contributed by atoms with van der Waals surface area (Å²) in [6.07, 6.45) is 6.36. The van der Waals surface area contributed by atoms with Crippen LogP contribution in [0.4, 0.5) is 5.82 Å². The average molecular weight is 550 g/mol. The number of aromatic amines is 1. The first kappa shape index (κ1) is 27.1. The molecule has 212 valence electrons. The molecular weight excluding hydrogens is 510 g/mol. The van der Waals surface area contributed by atoms with Gasteiger partial charge in [-0.2, -0.15) is 0 Å². The minimum atomic E-state index is -0.497. The lowest BCUT2D eigenvalue weighted by Crippen LogP contribution is -2.47. The number of aromatic nitrogens is 1. The maximum absolute atomic E-state index is 13.9. The Bertz CT molecular complexity index is 1480. The number of piperidine rings is 2. The number of benzene rings is 3. The van der Waals surface area contributed by atoms with Crippen LogP contribution >= 0.6 is 0 Å². The number of rotatable bonds is 8. The maximum Gasteiger partial charge on any atom is 0.269 e. The van der Waals surface area contributed by atoms with Gasteiger partial charge in [0.15, 0.2) is 0 Å². The molecule has 0 radical (unpaired) electrons. The first-order chi connectivity index (χ1) is 20.0. The van der Waals surface area contributed by atoms with Crippen molar-refractivity contribution < 1.29 is 9.59 Å². The zero-order valence-electron chi connectivity index (χ0n) is 23.5. The van der Waals surface area contributed by atoms with Gasteiger partial charge in [-0.25, -0.2) is 5.01 Å². The summed E-state index contributed by atoms with van der Waals surface area (Å²) in [6.45, 7) is 3.38. The van der Waals surface area contributed by atoms with Crippen molar-refractivity contribution in [1.82, 2.24) is 15.4 Å². The smallest absolute Gasteiger partial charge is 0.269 e. The first-order valence-electron chi connectivity index (χ1n) is 14.9. The molecule has 0 unspecified atom stereocenters. The van der Waals surface area contributed by atoms with Gasteiger partial charge in [-0.15, -0.1) is 0 Å². The Hall–Kier alpha value is -4.10. The van der Waals surface area contributed by atoms with Gasteiger partial charge in [-0.3, -0.25) is 15.0 Å². The van der Waals surface area contributed by atoms with Crippen molar-refractivity contribution in [2.75, 3.05) is 31.1 Å². The summed E-state index contributed by atoms with van der Waals surface area (Å²) in [5.74, 6) is 1.43. The third-order valence-electron chi connectivity index (χ3n) is 8.83. The summed E-state index contributed by atoms with van der Waals surface area (Å²) >= 11 is 0. The van der Waals surface area contributed by atoms with E-state index in [0.29, 0.717) is 23.0 Å². The van der Waals surface area contributed by atoms with Gasteiger partial charge in [0.05, 0.1) is 5.56 Å². The van der Waals surface area contributed by atoms with Gasteiger partial charge >= 0.3 is 0 Å². The number of hydrazine groups is 1. The fourth-order valence-corrected chi connectivity index (χ4v) is 6.50. The number of nitrogens with zero attached hydrogens (tertiary/aromatic N) is 2. The first-order valence-corrected chi connectivity index (χ1v) is 14.9. The Balaban J connectivity index is 1.17. The zero-order chi connectivity index (χ0) is 28.2. The van der Waals surface area contributed by atoms with E-state index in [9.17, 15) is 9.59 Å². The highest BCUT2D eigenvalue weighted by Crippen LogP contribution is 2.33. The van der Waals surface area contributed by atoms with Crippen LogP contribution in [0.2, 0.25) is 0 Å². The molecular formula is C34H39N5O2. The van der Waals surface area contributed by atoms with E-state index in [2.05, 4.69) is 81.0 Å². The SMILES string of the molecule is NC(=O)c1ccc2[nH]c(N3CCC(Cc4ccccc4)CC3)c(C(=O)NN3CCC(Cc4ccccc4)CC3)c2c1. The summed E-state index contributed by atoms with van der Waals surface area (Å²) in [6, 6.07) is 26.6. The average Bonchev–Trinajstić information content (AvgIpc) is 3.39. The number of primary amides is 1. The molecule has 2 aliphatic heterocycles. The van der Waals surface area contributed by atoms with E-state index >= 15 is 0 Å². The zero-order valence-corrected chi connectivity index (χ0v) is 23.5. The molecule has 3 aromatic carbocycles. The van der Waals surface area contributed by atoms with Crippen LogP contribution in [0.25, 0.3) is 10.9 Å². The molecule has 0 saturated carbocycles. The van der Waals surface area contributed by atoms with Crippen LogP contribution in [0.15, 0.2) is 78.9 Å². The fraction of sp³-hybridized carbons (Fsp3) is 0.353. The van der Waals surface area contributed by atoms with E-state index in [1.807, 2.05) is 6.07 Å². The van der Waals surface area contributed by atoms with Gasteiger partial charge in [0.2, 0.25) is 5.91 Å².